The number of imidazole rings is 1. The molecule has 3 rings (SSSR count). The molecule has 1 aromatic carbocycles. The Balaban J connectivity index is 1.70. The van der Waals surface area contributed by atoms with E-state index in [1.54, 1.807) is 6.07 Å². The molecule has 0 atom stereocenters. The Morgan fingerprint density at radius 1 is 1.33 bits per heavy atom. The second kappa shape index (κ2) is 5.79. The van der Waals surface area contributed by atoms with Crippen LogP contribution in [-0.2, 0) is 6.42 Å². The Labute approximate surface area is 122 Å². The van der Waals surface area contributed by atoms with Crippen molar-refractivity contribution in [3.8, 4) is 0 Å². The molecule has 0 unspecified atom stereocenters. The van der Waals surface area contributed by atoms with Gasteiger partial charge in [0.05, 0.1) is 10.4 Å². The van der Waals surface area contributed by atoms with Gasteiger partial charge in [0, 0.05) is 45.2 Å². The number of rotatable bonds is 4. The molecule has 1 aromatic heterocycles. The zero-order valence-electron chi connectivity index (χ0n) is 12.1. The highest BCUT2D eigenvalue weighted by Gasteiger charge is 2.17. The molecule has 0 radical (unpaired) electrons. The number of aromatic amines is 1. The molecule has 0 amide bonds. The zero-order chi connectivity index (χ0) is 14.8. The van der Waals surface area contributed by atoms with Gasteiger partial charge in [-0.05, 0) is 13.1 Å². The lowest BCUT2D eigenvalue weighted by molar-refractivity contribution is -0.383. The quantitative estimate of drug-likeness (QED) is 0.677. The number of fused-ring (bicyclic) bond motifs is 1. The third-order valence-corrected chi connectivity index (χ3v) is 4.00. The van der Waals surface area contributed by atoms with Crippen LogP contribution >= 0.6 is 0 Å². The molecule has 0 bridgehead atoms. The highest BCUT2D eigenvalue weighted by Crippen LogP contribution is 2.23. The number of hydrogen-bond donors (Lipinski definition) is 1. The SMILES string of the molecule is CN1CCN(CCc2nc3c([N+](=O)[O-])cccc3[nH]2)CC1. The summed E-state index contributed by atoms with van der Waals surface area (Å²) >= 11 is 0. The standard InChI is InChI=1S/C14H19N5O2/c1-17-7-9-18(10-8-17)6-5-13-15-11-3-2-4-12(19(20)21)14(11)16-13/h2-4H,5-10H2,1H3,(H,15,16). The third kappa shape index (κ3) is 3.03. The first-order chi connectivity index (χ1) is 10.1. The maximum absolute atomic E-state index is 11.0. The average molecular weight is 289 g/mol. The first kappa shape index (κ1) is 14.0. The van der Waals surface area contributed by atoms with Gasteiger partial charge in [-0.2, -0.15) is 0 Å². The van der Waals surface area contributed by atoms with Crippen LogP contribution in [-0.4, -0.2) is 64.5 Å². The molecule has 112 valence electrons. The molecule has 1 aliphatic heterocycles. The second-order valence-electron chi connectivity index (χ2n) is 5.51. The van der Waals surface area contributed by atoms with Gasteiger partial charge in [0.15, 0.2) is 5.52 Å². The van der Waals surface area contributed by atoms with Crippen LogP contribution in [0.15, 0.2) is 18.2 Å². The Kier molecular flexibility index (Phi) is 3.85. The minimum Gasteiger partial charge on any atom is -0.342 e. The minimum atomic E-state index is -0.382. The molecule has 0 spiro atoms. The lowest BCUT2D eigenvalue weighted by atomic mass is 10.3. The number of nitro benzene ring substituents is 1. The number of aromatic nitrogens is 2. The molecule has 1 saturated heterocycles. The molecular formula is C14H19N5O2. The van der Waals surface area contributed by atoms with E-state index in [9.17, 15) is 10.1 Å². The van der Waals surface area contributed by atoms with E-state index in [4.69, 9.17) is 0 Å². The van der Waals surface area contributed by atoms with E-state index in [1.807, 2.05) is 6.07 Å². The van der Waals surface area contributed by atoms with Crippen LogP contribution in [0.1, 0.15) is 5.82 Å². The van der Waals surface area contributed by atoms with Gasteiger partial charge in [-0.1, -0.05) is 6.07 Å². The van der Waals surface area contributed by atoms with Gasteiger partial charge in [0.25, 0.3) is 5.69 Å². The number of H-pyrrole nitrogens is 1. The van der Waals surface area contributed by atoms with Crippen LogP contribution in [0.5, 0.6) is 0 Å². The predicted octanol–water partition coefficient (Wildman–Crippen LogP) is 1.26. The van der Waals surface area contributed by atoms with Crippen molar-refractivity contribution < 1.29 is 4.92 Å². The van der Waals surface area contributed by atoms with E-state index >= 15 is 0 Å². The number of nitro groups is 1. The van der Waals surface area contributed by atoms with Crippen LogP contribution in [0.2, 0.25) is 0 Å². The van der Waals surface area contributed by atoms with Crippen LogP contribution in [0, 0.1) is 10.1 Å². The molecular weight excluding hydrogens is 270 g/mol. The minimum absolute atomic E-state index is 0.0644. The summed E-state index contributed by atoms with van der Waals surface area (Å²) in [5.41, 5.74) is 1.25. The van der Waals surface area contributed by atoms with Crippen molar-refractivity contribution in [2.24, 2.45) is 0 Å². The van der Waals surface area contributed by atoms with Crippen LogP contribution in [0.25, 0.3) is 11.0 Å². The van der Waals surface area contributed by atoms with Crippen molar-refractivity contribution in [1.29, 1.82) is 0 Å². The van der Waals surface area contributed by atoms with Gasteiger partial charge in [-0.3, -0.25) is 10.1 Å². The highest BCUT2D eigenvalue weighted by atomic mass is 16.6. The van der Waals surface area contributed by atoms with Gasteiger partial charge in [0.2, 0.25) is 0 Å². The predicted molar refractivity (Wildman–Crippen MR) is 80.4 cm³/mol. The molecule has 7 heteroatoms. The topological polar surface area (TPSA) is 78.3 Å². The first-order valence-corrected chi connectivity index (χ1v) is 7.16. The molecule has 2 heterocycles. The van der Waals surface area contributed by atoms with E-state index in [1.165, 1.54) is 6.07 Å². The van der Waals surface area contributed by atoms with Gasteiger partial charge in [-0.15, -0.1) is 0 Å². The molecule has 2 aromatic rings. The summed E-state index contributed by atoms with van der Waals surface area (Å²) in [6, 6.07) is 5.00. The fourth-order valence-electron chi connectivity index (χ4n) is 2.67. The highest BCUT2D eigenvalue weighted by molar-refractivity contribution is 5.84. The van der Waals surface area contributed by atoms with Crippen LogP contribution in [0.4, 0.5) is 5.69 Å². The smallest absolute Gasteiger partial charge is 0.297 e. The summed E-state index contributed by atoms with van der Waals surface area (Å²) in [5.74, 6) is 0.818. The van der Waals surface area contributed by atoms with Gasteiger partial charge >= 0.3 is 0 Å². The van der Waals surface area contributed by atoms with Crippen molar-refractivity contribution in [3.63, 3.8) is 0 Å². The number of likely N-dealkylation sites (N-methyl/N-ethyl adjacent to an activating group) is 1. The van der Waals surface area contributed by atoms with Crippen molar-refractivity contribution in [2.75, 3.05) is 39.8 Å². The van der Waals surface area contributed by atoms with Gasteiger partial charge < -0.3 is 14.8 Å². The fraction of sp³-hybridized carbons (Fsp3) is 0.500. The molecule has 1 aliphatic rings. The Hall–Kier alpha value is -1.99. The summed E-state index contributed by atoms with van der Waals surface area (Å²) in [4.78, 5) is 22.9. The number of benzene rings is 1. The van der Waals surface area contributed by atoms with Crippen molar-refractivity contribution >= 4 is 16.7 Å². The summed E-state index contributed by atoms with van der Waals surface area (Å²) < 4.78 is 0. The maximum atomic E-state index is 11.0. The number of para-hydroxylation sites is 1. The van der Waals surface area contributed by atoms with E-state index < -0.39 is 0 Å². The van der Waals surface area contributed by atoms with Gasteiger partial charge in [0.1, 0.15) is 5.82 Å². The molecule has 0 aliphatic carbocycles. The first-order valence-electron chi connectivity index (χ1n) is 7.16. The summed E-state index contributed by atoms with van der Waals surface area (Å²) in [5, 5.41) is 11.0. The Morgan fingerprint density at radius 3 is 2.81 bits per heavy atom. The summed E-state index contributed by atoms with van der Waals surface area (Å²) in [6.07, 6.45) is 0.787. The Bertz CT molecular complexity index is 646. The molecule has 0 saturated carbocycles. The van der Waals surface area contributed by atoms with E-state index in [0.29, 0.717) is 5.52 Å². The fourth-order valence-corrected chi connectivity index (χ4v) is 2.67. The van der Waals surface area contributed by atoms with Crippen molar-refractivity contribution in [2.45, 2.75) is 6.42 Å². The number of piperazine rings is 1. The number of nitrogens with one attached hydrogen (secondary N) is 1. The van der Waals surface area contributed by atoms with Crippen molar-refractivity contribution in [1.82, 2.24) is 19.8 Å². The average Bonchev–Trinajstić information content (AvgIpc) is 2.89. The number of nitrogens with zero attached hydrogens (tertiary/aromatic N) is 4. The lowest BCUT2D eigenvalue weighted by Gasteiger charge is -2.32. The molecule has 1 N–H and O–H groups in total. The largest absolute Gasteiger partial charge is 0.342 e. The van der Waals surface area contributed by atoms with Gasteiger partial charge in [-0.25, -0.2) is 4.98 Å². The summed E-state index contributed by atoms with van der Waals surface area (Å²) in [6.45, 7) is 5.24. The zero-order valence-corrected chi connectivity index (χ0v) is 12.1. The number of non-ortho nitro benzene ring substituents is 1. The van der Waals surface area contributed by atoms with E-state index in [0.717, 1.165) is 50.5 Å². The van der Waals surface area contributed by atoms with Crippen molar-refractivity contribution in [3.05, 3.63) is 34.1 Å². The second-order valence-corrected chi connectivity index (χ2v) is 5.51. The lowest BCUT2D eigenvalue weighted by Crippen LogP contribution is -2.45. The monoisotopic (exact) mass is 289 g/mol. The molecule has 21 heavy (non-hydrogen) atoms. The van der Waals surface area contributed by atoms with E-state index in [2.05, 4.69) is 26.8 Å². The maximum Gasteiger partial charge on any atom is 0.297 e. The molecule has 7 nitrogen and oxygen atoms in total. The molecule has 1 fully saturated rings. The van der Waals surface area contributed by atoms with E-state index in [-0.39, 0.29) is 10.6 Å². The van der Waals surface area contributed by atoms with Crippen LogP contribution in [0.3, 0.4) is 0 Å². The number of hydrogen-bond acceptors (Lipinski definition) is 5. The Morgan fingerprint density at radius 2 is 2.10 bits per heavy atom. The normalized spacial score (nSPS) is 17.4. The summed E-state index contributed by atoms with van der Waals surface area (Å²) in [7, 11) is 2.13. The third-order valence-electron chi connectivity index (χ3n) is 4.00. The van der Waals surface area contributed by atoms with Crippen LogP contribution < -0.4 is 0 Å².